The average molecular weight is 245 g/mol. The lowest BCUT2D eigenvalue weighted by molar-refractivity contribution is -0.137. The molecule has 0 radical (unpaired) electrons. The molecule has 1 aromatic heterocycles. The number of hydrogen-bond acceptors (Lipinski definition) is 1. The van der Waals surface area contributed by atoms with Crippen molar-refractivity contribution >= 4 is 16.9 Å². The van der Waals surface area contributed by atoms with Crippen LogP contribution in [0.2, 0.25) is 0 Å². The van der Waals surface area contributed by atoms with E-state index >= 15 is 0 Å². The molecule has 1 heterocycles. The maximum Gasteiger partial charge on any atom is 0.303 e. The van der Waals surface area contributed by atoms with E-state index in [1.165, 1.54) is 16.5 Å². The Kier molecular flexibility index (Phi) is 4.03. The van der Waals surface area contributed by atoms with E-state index < -0.39 is 5.97 Å². The molecule has 0 spiro atoms. The van der Waals surface area contributed by atoms with Gasteiger partial charge >= 0.3 is 5.97 Å². The molecule has 0 fully saturated rings. The van der Waals surface area contributed by atoms with Crippen molar-refractivity contribution in [3.8, 4) is 0 Å². The predicted octanol–water partition coefficient (Wildman–Crippen LogP) is 3.46. The Labute approximate surface area is 107 Å². The molecule has 0 aliphatic carbocycles. The highest BCUT2D eigenvalue weighted by molar-refractivity contribution is 5.84. The molecule has 0 aliphatic rings. The van der Waals surface area contributed by atoms with Crippen molar-refractivity contribution in [2.75, 3.05) is 0 Å². The molecular formula is C15H19NO2. The van der Waals surface area contributed by atoms with E-state index in [0.29, 0.717) is 6.42 Å². The van der Waals surface area contributed by atoms with Crippen molar-refractivity contribution in [3.63, 3.8) is 0 Å². The number of rotatable bonds is 6. The van der Waals surface area contributed by atoms with Gasteiger partial charge in [-0.05, 0) is 30.9 Å². The zero-order valence-corrected chi connectivity index (χ0v) is 10.7. The normalized spacial score (nSPS) is 10.9. The highest BCUT2D eigenvalue weighted by atomic mass is 16.4. The first kappa shape index (κ1) is 12.7. The molecule has 0 unspecified atom stereocenters. The van der Waals surface area contributed by atoms with Crippen LogP contribution in [0.4, 0.5) is 0 Å². The molecule has 18 heavy (non-hydrogen) atoms. The van der Waals surface area contributed by atoms with Crippen molar-refractivity contribution in [1.82, 2.24) is 4.57 Å². The van der Waals surface area contributed by atoms with Crippen LogP contribution in [0.1, 0.15) is 31.7 Å². The molecular weight excluding hydrogens is 226 g/mol. The van der Waals surface area contributed by atoms with Crippen molar-refractivity contribution in [1.29, 1.82) is 0 Å². The number of aryl methyl sites for hydroxylation is 2. The molecule has 3 nitrogen and oxygen atoms in total. The van der Waals surface area contributed by atoms with Gasteiger partial charge in [0.05, 0.1) is 0 Å². The Morgan fingerprint density at radius 2 is 2.11 bits per heavy atom. The second-order valence-corrected chi connectivity index (χ2v) is 4.61. The van der Waals surface area contributed by atoms with E-state index in [1.807, 2.05) is 6.07 Å². The van der Waals surface area contributed by atoms with Gasteiger partial charge in [0, 0.05) is 30.1 Å². The minimum Gasteiger partial charge on any atom is -0.481 e. The lowest BCUT2D eigenvalue weighted by Gasteiger charge is -2.01. The number of nitrogens with zero attached hydrogens (tertiary/aromatic N) is 1. The highest BCUT2D eigenvalue weighted by Crippen LogP contribution is 2.23. The maximum absolute atomic E-state index is 10.6. The number of aliphatic carboxylic acids is 1. The van der Waals surface area contributed by atoms with E-state index in [0.717, 1.165) is 19.4 Å². The maximum atomic E-state index is 10.6. The lowest BCUT2D eigenvalue weighted by atomic mass is 10.1. The summed E-state index contributed by atoms with van der Waals surface area (Å²) in [5, 5.41) is 9.95. The van der Waals surface area contributed by atoms with Gasteiger partial charge in [0.15, 0.2) is 0 Å². The third kappa shape index (κ3) is 2.73. The molecule has 1 N–H and O–H groups in total. The molecule has 0 bridgehead atoms. The number of para-hydroxylation sites is 1. The summed E-state index contributed by atoms with van der Waals surface area (Å²) in [7, 11) is 0. The van der Waals surface area contributed by atoms with Crippen molar-refractivity contribution in [2.24, 2.45) is 0 Å². The summed E-state index contributed by atoms with van der Waals surface area (Å²) in [4.78, 5) is 10.6. The first-order valence-electron chi connectivity index (χ1n) is 6.51. The summed E-state index contributed by atoms with van der Waals surface area (Å²) in [5.74, 6) is -0.715. The summed E-state index contributed by atoms with van der Waals surface area (Å²) < 4.78 is 2.27. The summed E-state index contributed by atoms with van der Waals surface area (Å²) in [6.07, 6.45) is 5.07. The Morgan fingerprint density at radius 3 is 2.83 bits per heavy atom. The first-order valence-corrected chi connectivity index (χ1v) is 6.51. The number of carboxylic acids is 1. The van der Waals surface area contributed by atoms with Gasteiger partial charge in [-0.2, -0.15) is 0 Å². The van der Waals surface area contributed by atoms with Crippen LogP contribution >= 0.6 is 0 Å². The summed E-state index contributed by atoms with van der Waals surface area (Å²) in [6, 6.07) is 8.35. The number of benzene rings is 1. The van der Waals surface area contributed by atoms with Crippen LogP contribution in [0.5, 0.6) is 0 Å². The number of carbonyl (C=O) groups is 1. The summed E-state index contributed by atoms with van der Waals surface area (Å²) in [6.45, 7) is 3.18. The van der Waals surface area contributed by atoms with Gasteiger partial charge in [0.2, 0.25) is 0 Å². The Morgan fingerprint density at radius 1 is 1.33 bits per heavy atom. The number of fused-ring (bicyclic) bond motifs is 1. The quantitative estimate of drug-likeness (QED) is 0.846. The van der Waals surface area contributed by atoms with Gasteiger partial charge in [0.25, 0.3) is 0 Å². The smallest absolute Gasteiger partial charge is 0.303 e. The molecule has 3 heteroatoms. The Bertz CT molecular complexity index is 542. The Balaban J connectivity index is 2.24. The molecule has 0 atom stereocenters. The molecule has 0 aliphatic heterocycles. The zero-order valence-electron chi connectivity index (χ0n) is 10.7. The van der Waals surface area contributed by atoms with Crippen LogP contribution in [0.15, 0.2) is 30.5 Å². The summed E-state index contributed by atoms with van der Waals surface area (Å²) >= 11 is 0. The fourth-order valence-electron chi connectivity index (χ4n) is 2.38. The Hall–Kier alpha value is -1.77. The average Bonchev–Trinajstić information content (AvgIpc) is 2.69. The first-order chi connectivity index (χ1) is 8.72. The van der Waals surface area contributed by atoms with E-state index in [9.17, 15) is 4.79 Å². The SMILES string of the molecule is CCCn1cc(CCCC(=O)O)c2ccccc21. The molecule has 0 saturated heterocycles. The van der Waals surface area contributed by atoms with Crippen molar-refractivity contribution in [2.45, 2.75) is 39.2 Å². The number of carboxylic acid groups (broad SMARTS) is 1. The van der Waals surface area contributed by atoms with Gasteiger partial charge in [-0.1, -0.05) is 25.1 Å². The minimum atomic E-state index is -0.715. The molecule has 2 rings (SSSR count). The van der Waals surface area contributed by atoms with Gasteiger partial charge < -0.3 is 9.67 Å². The van der Waals surface area contributed by atoms with Crippen LogP contribution in [-0.2, 0) is 17.8 Å². The van der Waals surface area contributed by atoms with Gasteiger partial charge in [-0.3, -0.25) is 4.79 Å². The van der Waals surface area contributed by atoms with Crippen LogP contribution in [-0.4, -0.2) is 15.6 Å². The second-order valence-electron chi connectivity index (χ2n) is 4.61. The minimum absolute atomic E-state index is 0.243. The third-order valence-electron chi connectivity index (χ3n) is 3.17. The van der Waals surface area contributed by atoms with E-state index in [-0.39, 0.29) is 6.42 Å². The van der Waals surface area contributed by atoms with E-state index in [1.54, 1.807) is 0 Å². The van der Waals surface area contributed by atoms with Gasteiger partial charge in [0.1, 0.15) is 0 Å². The second kappa shape index (κ2) is 5.71. The molecule has 0 saturated carbocycles. The van der Waals surface area contributed by atoms with Gasteiger partial charge in [-0.25, -0.2) is 0 Å². The topological polar surface area (TPSA) is 42.2 Å². The highest BCUT2D eigenvalue weighted by Gasteiger charge is 2.08. The predicted molar refractivity (Wildman–Crippen MR) is 72.8 cm³/mol. The zero-order chi connectivity index (χ0) is 13.0. The monoisotopic (exact) mass is 245 g/mol. The fraction of sp³-hybridized carbons (Fsp3) is 0.400. The van der Waals surface area contributed by atoms with E-state index in [4.69, 9.17) is 5.11 Å². The standard InChI is InChI=1S/C15H19NO2/c1-2-10-16-11-12(6-5-9-15(17)18)13-7-3-4-8-14(13)16/h3-4,7-8,11H,2,5-6,9-10H2,1H3,(H,17,18). The van der Waals surface area contributed by atoms with Crippen LogP contribution in [0, 0.1) is 0 Å². The molecule has 2 aromatic rings. The number of hydrogen-bond donors (Lipinski definition) is 1. The summed E-state index contributed by atoms with van der Waals surface area (Å²) in [5.41, 5.74) is 2.52. The molecule has 1 aromatic carbocycles. The lowest BCUT2D eigenvalue weighted by Crippen LogP contribution is -1.96. The molecule has 96 valence electrons. The van der Waals surface area contributed by atoms with Crippen molar-refractivity contribution < 1.29 is 9.90 Å². The van der Waals surface area contributed by atoms with Crippen molar-refractivity contribution in [3.05, 3.63) is 36.0 Å². The fourth-order valence-corrected chi connectivity index (χ4v) is 2.38. The van der Waals surface area contributed by atoms with Crippen LogP contribution in [0.3, 0.4) is 0 Å². The van der Waals surface area contributed by atoms with Crippen LogP contribution in [0.25, 0.3) is 10.9 Å². The third-order valence-corrected chi connectivity index (χ3v) is 3.17. The largest absolute Gasteiger partial charge is 0.481 e. The number of aromatic nitrogens is 1. The molecule has 0 amide bonds. The van der Waals surface area contributed by atoms with Gasteiger partial charge in [-0.15, -0.1) is 0 Å². The van der Waals surface area contributed by atoms with E-state index in [2.05, 4.69) is 35.9 Å². The van der Waals surface area contributed by atoms with Crippen LogP contribution < -0.4 is 0 Å².